The number of hydrogen-bond acceptors (Lipinski definition) is 1. The summed E-state index contributed by atoms with van der Waals surface area (Å²) in [5, 5.41) is -0.0160. The van der Waals surface area contributed by atoms with Gasteiger partial charge in [-0.1, -0.05) is 23.4 Å². The Kier molecular flexibility index (Phi) is 4.01. The summed E-state index contributed by atoms with van der Waals surface area (Å²) < 4.78 is 12.6. The summed E-state index contributed by atoms with van der Waals surface area (Å²) in [6, 6.07) is 1.44. The van der Waals surface area contributed by atoms with Gasteiger partial charge in [0.25, 0.3) is 0 Å². The van der Waals surface area contributed by atoms with E-state index in [1.54, 1.807) is 0 Å². The zero-order valence-electron chi connectivity index (χ0n) is 6.65. The molecular weight excluding hydrogens is 212 g/mol. The molecule has 0 aliphatic rings. The number of hydrogen-bond donors (Lipinski definition) is 0. The predicted octanol–water partition coefficient (Wildman–Crippen LogP) is 2.85. The lowest BCUT2D eigenvalue weighted by atomic mass is 10.3. The molecule has 1 aromatic heterocycles. The standard InChI is InChI=1S/C9H6Cl2FN/c10-4-2-1-3-7-5-8(11)9(12)13-6-7/h5-6H,2,4H2. The van der Waals surface area contributed by atoms with E-state index in [1.165, 1.54) is 12.3 Å². The van der Waals surface area contributed by atoms with Crippen molar-refractivity contribution in [2.24, 2.45) is 0 Å². The first-order chi connectivity index (χ1) is 6.24. The Morgan fingerprint density at radius 2 is 2.31 bits per heavy atom. The van der Waals surface area contributed by atoms with Crippen LogP contribution in [0.1, 0.15) is 12.0 Å². The van der Waals surface area contributed by atoms with Crippen LogP contribution in [0.25, 0.3) is 0 Å². The highest BCUT2D eigenvalue weighted by Gasteiger charge is 1.99. The van der Waals surface area contributed by atoms with Gasteiger partial charge in [-0.05, 0) is 6.07 Å². The Labute approximate surface area is 85.9 Å². The summed E-state index contributed by atoms with van der Waals surface area (Å²) in [5.41, 5.74) is 0.594. The Hall–Kier alpha value is -0.780. The van der Waals surface area contributed by atoms with Crippen LogP contribution < -0.4 is 0 Å². The zero-order chi connectivity index (χ0) is 9.68. The maximum atomic E-state index is 12.6. The number of rotatable bonds is 1. The van der Waals surface area contributed by atoms with E-state index in [0.717, 1.165) is 0 Å². The van der Waals surface area contributed by atoms with Crippen LogP contribution in [0.2, 0.25) is 5.02 Å². The summed E-state index contributed by atoms with van der Waals surface area (Å²) in [7, 11) is 0. The van der Waals surface area contributed by atoms with Crippen LogP contribution in [0, 0.1) is 17.8 Å². The Morgan fingerprint density at radius 1 is 1.54 bits per heavy atom. The van der Waals surface area contributed by atoms with Gasteiger partial charge >= 0.3 is 0 Å². The lowest BCUT2D eigenvalue weighted by Gasteiger charge is -1.92. The van der Waals surface area contributed by atoms with E-state index >= 15 is 0 Å². The first-order valence-corrected chi connectivity index (χ1v) is 4.51. The second-order valence-corrected chi connectivity index (χ2v) is 3.02. The fourth-order valence-electron chi connectivity index (χ4n) is 0.701. The smallest absolute Gasteiger partial charge is 0.226 e. The molecular formula is C9H6Cl2FN. The molecule has 4 heteroatoms. The normalized spacial score (nSPS) is 9.15. The minimum absolute atomic E-state index is 0.0160. The van der Waals surface area contributed by atoms with Crippen LogP contribution in [-0.2, 0) is 0 Å². The van der Waals surface area contributed by atoms with Gasteiger partial charge in [0.05, 0.1) is 5.02 Å². The highest BCUT2D eigenvalue weighted by atomic mass is 35.5. The minimum Gasteiger partial charge on any atom is -0.226 e. The quantitative estimate of drug-likeness (QED) is 0.401. The first kappa shape index (κ1) is 10.3. The second-order valence-electron chi connectivity index (χ2n) is 2.24. The molecule has 1 nitrogen and oxygen atoms in total. The number of aromatic nitrogens is 1. The van der Waals surface area contributed by atoms with Crippen molar-refractivity contribution in [2.75, 3.05) is 5.88 Å². The van der Waals surface area contributed by atoms with E-state index in [2.05, 4.69) is 16.8 Å². The molecule has 1 aromatic rings. The Morgan fingerprint density at radius 3 is 2.92 bits per heavy atom. The molecule has 0 saturated carbocycles. The van der Waals surface area contributed by atoms with Crippen molar-refractivity contribution in [1.82, 2.24) is 4.98 Å². The van der Waals surface area contributed by atoms with Crippen LogP contribution in [0.15, 0.2) is 12.3 Å². The Balaban J connectivity index is 2.81. The van der Waals surface area contributed by atoms with Gasteiger partial charge < -0.3 is 0 Å². The van der Waals surface area contributed by atoms with Crippen LogP contribution in [0.4, 0.5) is 4.39 Å². The van der Waals surface area contributed by atoms with Gasteiger partial charge in [-0.3, -0.25) is 0 Å². The van der Waals surface area contributed by atoms with Gasteiger partial charge in [0, 0.05) is 24.1 Å². The second kappa shape index (κ2) is 5.06. The van der Waals surface area contributed by atoms with Crippen LogP contribution in [0.5, 0.6) is 0 Å². The molecule has 1 heterocycles. The van der Waals surface area contributed by atoms with Crippen LogP contribution in [0.3, 0.4) is 0 Å². The molecule has 0 radical (unpaired) electrons. The molecule has 0 aliphatic carbocycles. The molecule has 0 N–H and O–H groups in total. The lowest BCUT2D eigenvalue weighted by molar-refractivity contribution is 0.584. The summed E-state index contributed by atoms with van der Waals surface area (Å²) >= 11 is 10.9. The molecule has 1 rings (SSSR count). The predicted molar refractivity (Wildman–Crippen MR) is 51.4 cm³/mol. The first-order valence-electron chi connectivity index (χ1n) is 3.60. The van der Waals surface area contributed by atoms with E-state index in [1.807, 2.05) is 0 Å². The average molecular weight is 218 g/mol. The molecule has 0 unspecified atom stereocenters. The zero-order valence-corrected chi connectivity index (χ0v) is 8.16. The van der Waals surface area contributed by atoms with E-state index in [-0.39, 0.29) is 5.02 Å². The van der Waals surface area contributed by atoms with Crippen molar-refractivity contribution in [1.29, 1.82) is 0 Å². The lowest BCUT2D eigenvalue weighted by Crippen LogP contribution is -1.85. The van der Waals surface area contributed by atoms with E-state index in [0.29, 0.717) is 17.9 Å². The highest BCUT2D eigenvalue weighted by Crippen LogP contribution is 2.12. The van der Waals surface area contributed by atoms with Gasteiger partial charge in [0.15, 0.2) is 0 Å². The molecule has 0 fully saturated rings. The van der Waals surface area contributed by atoms with Gasteiger partial charge in [0.1, 0.15) is 0 Å². The summed E-state index contributed by atoms with van der Waals surface area (Å²) in [4.78, 5) is 3.42. The SMILES string of the molecule is Fc1ncc(C#CCCCl)cc1Cl. The molecule has 0 saturated heterocycles. The van der Waals surface area contributed by atoms with E-state index < -0.39 is 5.95 Å². The van der Waals surface area contributed by atoms with Gasteiger partial charge in [0.2, 0.25) is 5.95 Å². The molecule has 68 valence electrons. The van der Waals surface area contributed by atoms with Gasteiger partial charge in [-0.2, -0.15) is 4.39 Å². The third-order valence-electron chi connectivity index (χ3n) is 1.25. The summed E-state index contributed by atoms with van der Waals surface area (Å²) in [5.74, 6) is 5.37. The fourth-order valence-corrected chi connectivity index (χ4v) is 0.962. The van der Waals surface area contributed by atoms with E-state index in [9.17, 15) is 4.39 Å². The van der Waals surface area contributed by atoms with Crippen molar-refractivity contribution in [2.45, 2.75) is 6.42 Å². The third kappa shape index (κ3) is 3.22. The topological polar surface area (TPSA) is 12.9 Å². The van der Waals surface area contributed by atoms with E-state index in [4.69, 9.17) is 23.2 Å². The largest absolute Gasteiger partial charge is 0.231 e. The van der Waals surface area contributed by atoms with Gasteiger partial charge in [-0.25, -0.2) is 4.98 Å². The number of nitrogens with zero attached hydrogens (tertiary/aromatic N) is 1. The molecule has 0 bridgehead atoms. The average Bonchev–Trinajstić information content (AvgIpc) is 2.12. The van der Waals surface area contributed by atoms with Gasteiger partial charge in [-0.15, -0.1) is 11.6 Å². The minimum atomic E-state index is -0.676. The van der Waals surface area contributed by atoms with Crippen LogP contribution >= 0.6 is 23.2 Å². The van der Waals surface area contributed by atoms with Crippen LogP contribution in [-0.4, -0.2) is 10.9 Å². The summed E-state index contributed by atoms with van der Waals surface area (Å²) in [6.07, 6.45) is 1.93. The number of pyridine rings is 1. The molecule has 0 aliphatic heterocycles. The number of alkyl halides is 1. The Bertz CT molecular complexity index is 354. The fraction of sp³-hybridized carbons (Fsp3) is 0.222. The maximum Gasteiger partial charge on any atom is 0.231 e. The van der Waals surface area contributed by atoms with Crippen molar-refractivity contribution >= 4 is 23.2 Å². The van der Waals surface area contributed by atoms with Crippen molar-refractivity contribution in [3.05, 3.63) is 28.8 Å². The third-order valence-corrected chi connectivity index (χ3v) is 1.70. The molecule has 0 aromatic carbocycles. The van der Waals surface area contributed by atoms with Crippen molar-refractivity contribution < 1.29 is 4.39 Å². The van der Waals surface area contributed by atoms with Crippen molar-refractivity contribution in [3.8, 4) is 11.8 Å². The number of halogens is 3. The van der Waals surface area contributed by atoms with Crippen molar-refractivity contribution in [3.63, 3.8) is 0 Å². The molecule has 0 atom stereocenters. The monoisotopic (exact) mass is 217 g/mol. The molecule has 13 heavy (non-hydrogen) atoms. The summed E-state index contributed by atoms with van der Waals surface area (Å²) in [6.45, 7) is 0. The maximum absolute atomic E-state index is 12.6. The highest BCUT2D eigenvalue weighted by molar-refractivity contribution is 6.30. The molecule has 0 amide bonds. The molecule has 0 spiro atoms.